The number of benzene rings is 4. The van der Waals surface area contributed by atoms with Crippen LogP contribution in [0.15, 0.2) is 114 Å². The van der Waals surface area contributed by atoms with Crippen molar-refractivity contribution in [1.82, 2.24) is 10.2 Å². The van der Waals surface area contributed by atoms with Crippen LogP contribution in [-0.4, -0.2) is 50.4 Å². The molecule has 4 aromatic rings. The van der Waals surface area contributed by atoms with E-state index < -0.39 is 34.3 Å². The van der Waals surface area contributed by atoms with Crippen LogP contribution in [0.3, 0.4) is 0 Å². The van der Waals surface area contributed by atoms with Gasteiger partial charge in [-0.3, -0.25) is 13.9 Å². The minimum Gasteiger partial charge on any atom is -0.494 e. The molecule has 0 aliphatic rings. The fourth-order valence-electron chi connectivity index (χ4n) is 4.91. The second-order valence-electron chi connectivity index (χ2n) is 10.9. The van der Waals surface area contributed by atoms with E-state index in [4.69, 9.17) is 4.74 Å². The molecule has 2 atom stereocenters. The second kappa shape index (κ2) is 16.0. The summed E-state index contributed by atoms with van der Waals surface area (Å²) in [6, 6.07) is 28.3. The van der Waals surface area contributed by atoms with Crippen LogP contribution in [-0.2, 0) is 32.6 Å². The Morgan fingerprint density at radius 3 is 1.98 bits per heavy atom. The van der Waals surface area contributed by atoms with Gasteiger partial charge in [0.15, 0.2) is 0 Å². The summed E-state index contributed by atoms with van der Waals surface area (Å²) < 4.78 is 48.4. The number of halogens is 1. The molecule has 8 nitrogen and oxygen atoms in total. The van der Waals surface area contributed by atoms with E-state index in [0.717, 1.165) is 39.7 Å². The molecule has 242 valence electrons. The van der Waals surface area contributed by atoms with Crippen molar-refractivity contribution in [3.05, 3.63) is 126 Å². The number of nitrogens with one attached hydrogen (secondary N) is 1. The molecule has 0 radical (unpaired) electrons. The molecule has 4 rings (SSSR count). The molecule has 0 spiro atoms. The van der Waals surface area contributed by atoms with Crippen molar-refractivity contribution in [2.75, 3.05) is 17.5 Å². The van der Waals surface area contributed by atoms with Crippen LogP contribution in [0.5, 0.6) is 5.75 Å². The van der Waals surface area contributed by atoms with E-state index in [9.17, 15) is 22.4 Å². The lowest BCUT2D eigenvalue weighted by Gasteiger charge is -2.34. The topological polar surface area (TPSA) is 96.0 Å². The van der Waals surface area contributed by atoms with Crippen LogP contribution in [0.25, 0.3) is 0 Å². The summed E-state index contributed by atoms with van der Waals surface area (Å²) in [5.74, 6) is -0.972. The molecule has 0 aliphatic carbocycles. The number of nitrogens with zero attached hydrogens (tertiary/aromatic N) is 2. The average molecular weight is 646 g/mol. The lowest BCUT2D eigenvalue weighted by Crippen LogP contribution is -2.54. The van der Waals surface area contributed by atoms with Gasteiger partial charge in [-0.15, -0.1) is 0 Å². The van der Waals surface area contributed by atoms with E-state index >= 15 is 0 Å². The van der Waals surface area contributed by atoms with Crippen LogP contribution in [0.4, 0.5) is 10.1 Å². The molecule has 46 heavy (non-hydrogen) atoms. The van der Waals surface area contributed by atoms with Crippen molar-refractivity contribution >= 4 is 27.5 Å². The number of carbonyl (C=O) groups excluding carboxylic acids is 2. The molecule has 0 unspecified atom stereocenters. The Morgan fingerprint density at radius 1 is 0.826 bits per heavy atom. The van der Waals surface area contributed by atoms with Gasteiger partial charge >= 0.3 is 0 Å². The maximum Gasteiger partial charge on any atom is 0.264 e. The third-order valence-corrected chi connectivity index (χ3v) is 9.37. The molecule has 1 N–H and O–H groups in total. The SMILES string of the molecule is CCOc1ccc(N(CC(=O)N(Cc2ccccc2)[C@H](Cc2ccccc2)C(=O)N[C@H](C)CC)S(=O)(=O)c2ccc(F)cc2)cc1. The summed E-state index contributed by atoms with van der Waals surface area (Å²) in [6.45, 7) is 5.57. The maximum atomic E-state index is 14.5. The van der Waals surface area contributed by atoms with Gasteiger partial charge in [0, 0.05) is 19.0 Å². The normalized spacial score (nSPS) is 12.5. The van der Waals surface area contributed by atoms with Crippen molar-refractivity contribution in [2.45, 2.75) is 57.1 Å². The van der Waals surface area contributed by atoms with Crippen LogP contribution >= 0.6 is 0 Å². The number of anilines is 1. The Bertz CT molecular complexity index is 1670. The van der Waals surface area contributed by atoms with Gasteiger partial charge < -0.3 is 15.0 Å². The second-order valence-corrected chi connectivity index (χ2v) is 12.8. The molecule has 0 heterocycles. The maximum absolute atomic E-state index is 14.5. The average Bonchev–Trinajstić information content (AvgIpc) is 3.06. The molecule has 0 saturated carbocycles. The molecule has 10 heteroatoms. The first-order chi connectivity index (χ1) is 22.1. The summed E-state index contributed by atoms with van der Waals surface area (Å²) in [5, 5.41) is 3.02. The predicted molar refractivity (Wildman–Crippen MR) is 177 cm³/mol. The summed E-state index contributed by atoms with van der Waals surface area (Å²) in [5.41, 5.74) is 1.84. The van der Waals surface area contributed by atoms with Gasteiger partial charge in [0.1, 0.15) is 24.2 Å². The first-order valence-electron chi connectivity index (χ1n) is 15.3. The van der Waals surface area contributed by atoms with Crippen molar-refractivity contribution in [3.63, 3.8) is 0 Å². The monoisotopic (exact) mass is 645 g/mol. The zero-order valence-corrected chi connectivity index (χ0v) is 27.1. The number of hydrogen-bond acceptors (Lipinski definition) is 5. The van der Waals surface area contributed by atoms with Crippen LogP contribution in [0, 0.1) is 5.82 Å². The van der Waals surface area contributed by atoms with Crippen molar-refractivity contribution in [2.24, 2.45) is 0 Å². The standard InChI is InChI=1S/C36H40FN3O5S/c1-4-27(3)38-36(42)34(24-28-12-8-6-9-13-28)39(25-29-14-10-7-11-15-29)35(41)26-40(31-18-20-32(21-19-31)45-5-2)46(43,44)33-22-16-30(37)17-23-33/h6-23,27,34H,4-5,24-26H2,1-3H3,(H,38,42)/t27-,34-/m1/s1. The molecule has 0 aromatic heterocycles. The fraction of sp³-hybridized carbons (Fsp3) is 0.278. The van der Waals surface area contributed by atoms with Gasteiger partial charge in [-0.25, -0.2) is 12.8 Å². The number of sulfonamides is 1. The molecule has 0 saturated heterocycles. The molecule has 0 aliphatic heterocycles. The highest BCUT2D eigenvalue weighted by molar-refractivity contribution is 7.92. The molecule has 4 aromatic carbocycles. The van der Waals surface area contributed by atoms with Crippen LogP contribution in [0.1, 0.15) is 38.3 Å². The number of rotatable bonds is 15. The van der Waals surface area contributed by atoms with E-state index in [-0.39, 0.29) is 35.5 Å². The lowest BCUT2D eigenvalue weighted by atomic mass is 10.0. The van der Waals surface area contributed by atoms with Gasteiger partial charge in [0.25, 0.3) is 10.0 Å². The Balaban J connectivity index is 1.79. The number of amides is 2. The number of carbonyl (C=O) groups is 2. The van der Waals surface area contributed by atoms with Gasteiger partial charge in [-0.05, 0) is 79.9 Å². The third-order valence-electron chi connectivity index (χ3n) is 7.58. The van der Waals surface area contributed by atoms with E-state index in [1.54, 1.807) is 24.3 Å². The number of hydrogen-bond donors (Lipinski definition) is 1. The Hall–Kier alpha value is -4.70. The fourth-order valence-corrected chi connectivity index (χ4v) is 6.33. The minimum absolute atomic E-state index is 0.0683. The zero-order valence-electron chi connectivity index (χ0n) is 26.3. The first kappa shape index (κ1) is 34.2. The van der Waals surface area contributed by atoms with E-state index in [0.29, 0.717) is 18.8 Å². The van der Waals surface area contributed by atoms with Crippen LogP contribution < -0.4 is 14.4 Å². The molecule has 2 amide bonds. The molecule has 0 bridgehead atoms. The highest BCUT2D eigenvalue weighted by atomic mass is 32.2. The Morgan fingerprint density at radius 2 is 1.41 bits per heavy atom. The van der Waals surface area contributed by atoms with E-state index in [1.165, 1.54) is 4.90 Å². The van der Waals surface area contributed by atoms with Crippen molar-refractivity contribution in [3.8, 4) is 5.75 Å². The molecular formula is C36H40FN3O5S. The highest BCUT2D eigenvalue weighted by Gasteiger charge is 2.35. The molecular weight excluding hydrogens is 605 g/mol. The van der Waals surface area contributed by atoms with Crippen LogP contribution in [0.2, 0.25) is 0 Å². The first-order valence-corrected chi connectivity index (χ1v) is 16.7. The van der Waals surface area contributed by atoms with E-state index in [2.05, 4.69) is 5.32 Å². The highest BCUT2D eigenvalue weighted by Crippen LogP contribution is 2.27. The Kier molecular flexibility index (Phi) is 11.9. The summed E-state index contributed by atoms with van der Waals surface area (Å²) in [4.78, 5) is 29.6. The Labute approximate surface area is 270 Å². The largest absolute Gasteiger partial charge is 0.494 e. The van der Waals surface area contributed by atoms with Crippen molar-refractivity contribution in [1.29, 1.82) is 0 Å². The minimum atomic E-state index is -4.35. The predicted octanol–water partition coefficient (Wildman–Crippen LogP) is 5.97. The van der Waals surface area contributed by atoms with E-state index in [1.807, 2.05) is 81.4 Å². The molecule has 0 fully saturated rings. The summed E-state index contributed by atoms with van der Waals surface area (Å²) >= 11 is 0. The summed E-state index contributed by atoms with van der Waals surface area (Å²) in [7, 11) is -4.35. The zero-order chi connectivity index (χ0) is 33.1. The van der Waals surface area contributed by atoms with Crippen molar-refractivity contribution < 1.29 is 27.1 Å². The smallest absolute Gasteiger partial charge is 0.264 e. The third kappa shape index (κ3) is 8.94. The lowest BCUT2D eigenvalue weighted by molar-refractivity contribution is -0.140. The quantitative estimate of drug-likeness (QED) is 0.172. The van der Waals surface area contributed by atoms with Gasteiger partial charge in [0.2, 0.25) is 11.8 Å². The van der Waals surface area contributed by atoms with Gasteiger partial charge in [-0.1, -0.05) is 67.6 Å². The summed E-state index contributed by atoms with van der Waals surface area (Å²) in [6.07, 6.45) is 0.910. The number of ether oxygens (including phenoxy) is 1. The van der Waals surface area contributed by atoms with Gasteiger partial charge in [-0.2, -0.15) is 0 Å². The van der Waals surface area contributed by atoms with Gasteiger partial charge in [0.05, 0.1) is 17.2 Å².